The molecule has 172 valence electrons. The fraction of sp³-hybridized carbons (Fsp3) is 0.391. The van der Waals surface area contributed by atoms with Crippen LogP contribution in [-0.4, -0.2) is 55.2 Å². The highest BCUT2D eigenvalue weighted by molar-refractivity contribution is 7.89. The third kappa shape index (κ3) is 5.68. The number of sulfonamides is 1. The second kappa shape index (κ2) is 10.5. The average molecular weight is 479 g/mol. The first-order valence-corrected chi connectivity index (χ1v) is 12.3. The Morgan fingerprint density at radius 1 is 1.09 bits per heavy atom. The molecule has 0 aliphatic carbocycles. The van der Waals surface area contributed by atoms with E-state index in [-0.39, 0.29) is 27.4 Å². The zero-order valence-corrected chi connectivity index (χ0v) is 19.7. The largest absolute Gasteiger partial charge is 0.452 e. The zero-order valence-electron chi connectivity index (χ0n) is 18.2. The van der Waals surface area contributed by atoms with Crippen molar-refractivity contribution in [2.24, 2.45) is 0 Å². The van der Waals surface area contributed by atoms with Gasteiger partial charge in [-0.1, -0.05) is 41.9 Å². The van der Waals surface area contributed by atoms with Gasteiger partial charge in [-0.05, 0) is 50.5 Å². The van der Waals surface area contributed by atoms with Crippen LogP contribution >= 0.6 is 11.6 Å². The van der Waals surface area contributed by atoms with Gasteiger partial charge in [0, 0.05) is 25.7 Å². The van der Waals surface area contributed by atoms with Gasteiger partial charge >= 0.3 is 5.97 Å². The molecule has 9 heteroatoms. The molecule has 1 aliphatic heterocycles. The highest BCUT2D eigenvalue weighted by atomic mass is 35.5. The van der Waals surface area contributed by atoms with Crippen LogP contribution in [0.2, 0.25) is 5.02 Å². The quantitative estimate of drug-likeness (QED) is 0.540. The van der Waals surface area contributed by atoms with Crippen LogP contribution < -0.4 is 0 Å². The van der Waals surface area contributed by atoms with Crippen molar-refractivity contribution in [3.63, 3.8) is 0 Å². The van der Waals surface area contributed by atoms with Gasteiger partial charge in [0.1, 0.15) is 4.90 Å². The van der Waals surface area contributed by atoms with E-state index in [9.17, 15) is 18.0 Å². The van der Waals surface area contributed by atoms with Crippen LogP contribution in [0.4, 0.5) is 0 Å². The summed E-state index contributed by atoms with van der Waals surface area (Å²) >= 11 is 6.13. The Kier molecular flexibility index (Phi) is 7.92. The van der Waals surface area contributed by atoms with E-state index in [0.717, 1.165) is 18.4 Å². The summed E-state index contributed by atoms with van der Waals surface area (Å²) in [7, 11) is -3.80. The first-order chi connectivity index (χ1) is 15.2. The van der Waals surface area contributed by atoms with Gasteiger partial charge < -0.3 is 9.64 Å². The molecule has 32 heavy (non-hydrogen) atoms. The number of amides is 1. The van der Waals surface area contributed by atoms with Crippen molar-refractivity contribution < 1.29 is 22.7 Å². The highest BCUT2D eigenvalue weighted by Crippen LogP contribution is 2.28. The Morgan fingerprint density at radius 3 is 2.38 bits per heavy atom. The Balaban J connectivity index is 1.69. The number of halogens is 1. The van der Waals surface area contributed by atoms with Crippen LogP contribution in [0.1, 0.15) is 42.6 Å². The molecular weight excluding hydrogens is 452 g/mol. The summed E-state index contributed by atoms with van der Waals surface area (Å²) in [6.45, 7) is 4.58. The van der Waals surface area contributed by atoms with E-state index in [1.807, 2.05) is 44.2 Å². The fourth-order valence-corrected chi connectivity index (χ4v) is 5.55. The molecule has 0 bridgehead atoms. The van der Waals surface area contributed by atoms with E-state index < -0.39 is 22.6 Å². The van der Waals surface area contributed by atoms with Crippen LogP contribution in [0.15, 0.2) is 53.4 Å². The molecule has 0 atom stereocenters. The lowest BCUT2D eigenvalue weighted by Crippen LogP contribution is -2.39. The molecule has 0 unspecified atom stereocenters. The minimum absolute atomic E-state index is 0.0270. The molecule has 1 aliphatic rings. The topological polar surface area (TPSA) is 84.0 Å². The Bertz CT molecular complexity index is 1070. The van der Waals surface area contributed by atoms with E-state index in [4.69, 9.17) is 16.3 Å². The number of nitrogens with zero attached hydrogens (tertiary/aromatic N) is 2. The first kappa shape index (κ1) is 24.2. The van der Waals surface area contributed by atoms with Gasteiger partial charge in [-0.25, -0.2) is 13.2 Å². The number of hydrogen-bond donors (Lipinski definition) is 0. The van der Waals surface area contributed by atoms with Crippen molar-refractivity contribution >= 4 is 33.5 Å². The molecule has 1 saturated heterocycles. The number of ether oxygens (including phenoxy) is 1. The molecule has 7 nitrogen and oxygen atoms in total. The number of esters is 1. The summed E-state index contributed by atoms with van der Waals surface area (Å²) in [5.41, 5.74) is 0.995. The molecule has 1 amide bonds. The predicted molar refractivity (Wildman–Crippen MR) is 122 cm³/mol. The Hall–Kier alpha value is -2.42. The number of carbonyl (C=O) groups excluding carboxylic acids is 2. The lowest BCUT2D eigenvalue weighted by atomic mass is 10.2. The minimum atomic E-state index is -3.80. The summed E-state index contributed by atoms with van der Waals surface area (Å²) in [4.78, 5) is 26.8. The monoisotopic (exact) mass is 478 g/mol. The van der Waals surface area contributed by atoms with Gasteiger partial charge in [-0.3, -0.25) is 4.79 Å². The fourth-order valence-electron chi connectivity index (χ4n) is 3.53. The predicted octanol–water partition coefficient (Wildman–Crippen LogP) is 3.72. The SMILES string of the molecule is CC(C)N(Cc1ccccc1)C(=O)COC(=O)c1ccc(Cl)c(S(=O)(=O)N2CCCC2)c1. The smallest absolute Gasteiger partial charge is 0.338 e. The second-order valence-electron chi connectivity index (χ2n) is 7.93. The van der Waals surface area contributed by atoms with Crippen LogP contribution in [0.3, 0.4) is 0 Å². The molecule has 2 aromatic rings. The molecule has 2 aromatic carbocycles. The lowest BCUT2D eigenvalue weighted by molar-refractivity contribution is -0.136. The minimum Gasteiger partial charge on any atom is -0.452 e. The summed E-state index contributed by atoms with van der Waals surface area (Å²) in [6.07, 6.45) is 1.58. The average Bonchev–Trinajstić information content (AvgIpc) is 3.32. The maximum Gasteiger partial charge on any atom is 0.338 e. The Labute approximate surface area is 194 Å². The summed E-state index contributed by atoms with van der Waals surface area (Å²) < 4.78 is 32.3. The van der Waals surface area contributed by atoms with Crippen molar-refractivity contribution in [2.45, 2.75) is 44.2 Å². The van der Waals surface area contributed by atoms with Gasteiger partial charge in [-0.15, -0.1) is 0 Å². The molecule has 0 radical (unpaired) electrons. The van der Waals surface area contributed by atoms with Crippen LogP contribution in [0.25, 0.3) is 0 Å². The Morgan fingerprint density at radius 2 is 1.75 bits per heavy atom. The van der Waals surface area contributed by atoms with E-state index in [1.54, 1.807) is 4.90 Å². The van der Waals surface area contributed by atoms with Crippen molar-refractivity contribution in [3.05, 3.63) is 64.7 Å². The third-order valence-corrected chi connectivity index (χ3v) is 7.70. The van der Waals surface area contributed by atoms with E-state index in [2.05, 4.69) is 0 Å². The molecule has 0 saturated carbocycles. The van der Waals surface area contributed by atoms with Gasteiger partial charge in [0.2, 0.25) is 10.0 Å². The molecular formula is C23H27ClN2O5S. The standard InChI is InChI=1S/C23H27ClN2O5S/c1-17(2)26(15-18-8-4-3-5-9-18)22(27)16-31-23(28)19-10-11-20(24)21(14-19)32(29,30)25-12-6-7-13-25/h3-5,8-11,14,17H,6-7,12-13,15-16H2,1-2H3. The van der Waals surface area contributed by atoms with E-state index in [1.165, 1.54) is 22.5 Å². The maximum atomic E-state index is 12.9. The van der Waals surface area contributed by atoms with Gasteiger partial charge in [0.05, 0.1) is 10.6 Å². The number of rotatable bonds is 8. The first-order valence-electron chi connectivity index (χ1n) is 10.5. The summed E-state index contributed by atoms with van der Waals surface area (Å²) in [5, 5.41) is 0.0402. The number of benzene rings is 2. The number of carbonyl (C=O) groups is 2. The van der Waals surface area contributed by atoms with E-state index in [0.29, 0.717) is 19.6 Å². The zero-order chi connectivity index (χ0) is 23.3. The summed E-state index contributed by atoms with van der Waals surface area (Å²) in [6, 6.07) is 13.4. The molecule has 0 aromatic heterocycles. The van der Waals surface area contributed by atoms with E-state index >= 15 is 0 Å². The van der Waals surface area contributed by atoms with Crippen molar-refractivity contribution in [1.82, 2.24) is 9.21 Å². The number of hydrogen-bond acceptors (Lipinski definition) is 5. The molecule has 3 rings (SSSR count). The molecule has 1 fully saturated rings. The van der Waals surface area contributed by atoms with Gasteiger partial charge in [-0.2, -0.15) is 4.31 Å². The van der Waals surface area contributed by atoms with Crippen LogP contribution in [0, 0.1) is 0 Å². The van der Waals surface area contributed by atoms with Gasteiger partial charge in [0.15, 0.2) is 6.61 Å². The van der Waals surface area contributed by atoms with Crippen molar-refractivity contribution in [2.75, 3.05) is 19.7 Å². The third-order valence-electron chi connectivity index (χ3n) is 5.32. The molecule has 1 heterocycles. The molecule has 0 N–H and O–H groups in total. The van der Waals surface area contributed by atoms with Crippen LogP contribution in [-0.2, 0) is 26.1 Å². The molecule has 0 spiro atoms. The second-order valence-corrected chi connectivity index (χ2v) is 10.2. The lowest BCUT2D eigenvalue weighted by Gasteiger charge is -2.26. The highest BCUT2D eigenvalue weighted by Gasteiger charge is 2.30. The normalized spacial score (nSPS) is 14.5. The van der Waals surface area contributed by atoms with Gasteiger partial charge in [0.25, 0.3) is 5.91 Å². The van der Waals surface area contributed by atoms with Crippen molar-refractivity contribution in [3.8, 4) is 0 Å². The van der Waals surface area contributed by atoms with Crippen LogP contribution in [0.5, 0.6) is 0 Å². The maximum absolute atomic E-state index is 12.9. The van der Waals surface area contributed by atoms with Crippen molar-refractivity contribution in [1.29, 1.82) is 0 Å². The summed E-state index contributed by atoms with van der Waals surface area (Å²) in [5.74, 6) is -1.12.